The van der Waals surface area contributed by atoms with Gasteiger partial charge in [0.25, 0.3) is 0 Å². The Kier molecular flexibility index (Phi) is 3.27. The van der Waals surface area contributed by atoms with Crippen LogP contribution in [0.5, 0.6) is 0 Å². The summed E-state index contributed by atoms with van der Waals surface area (Å²) in [5.74, 6) is 0.619. The fourth-order valence-corrected chi connectivity index (χ4v) is 2.62. The van der Waals surface area contributed by atoms with Gasteiger partial charge in [-0.15, -0.1) is 0 Å². The number of ether oxygens (including phenoxy) is 1. The van der Waals surface area contributed by atoms with Crippen molar-refractivity contribution in [2.24, 2.45) is 4.99 Å². The van der Waals surface area contributed by atoms with Crippen molar-refractivity contribution in [3.8, 4) is 0 Å². The molecule has 0 N–H and O–H groups in total. The molecular formula is C18H15N3O. The third-order valence-corrected chi connectivity index (χ3v) is 3.71. The molecule has 3 heterocycles. The first-order valence-electron chi connectivity index (χ1n) is 7.35. The molecule has 1 atom stereocenters. The van der Waals surface area contributed by atoms with E-state index in [4.69, 9.17) is 4.74 Å². The summed E-state index contributed by atoms with van der Waals surface area (Å²) in [6, 6.07) is 18.3. The van der Waals surface area contributed by atoms with Gasteiger partial charge in [0, 0.05) is 11.6 Å². The number of benzene rings is 1. The topological polar surface area (TPSA) is 47.4 Å². The number of rotatable bonds is 3. The van der Waals surface area contributed by atoms with Gasteiger partial charge in [0.05, 0.1) is 6.04 Å². The van der Waals surface area contributed by atoms with Crippen molar-refractivity contribution < 1.29 is 4.74 Å². The molecule has 0 amide bonds. The fourth-order valence-electron chi connectivity index (χ4n) is 2.62. The molecule has 4 rings (SSSR count). The number of aliphatic imine (C=N–C) groups is 1. The van der Waals surface area contributed by atoms with E-state index in [1.807, 2.05) is 42.5 Å². The lowest BCUT2D eigenvalue weighted by Crippen LogP contribution is -2.09. The van der Waals surface area contributed by atoms with Crippen LogP contribution in [-0.2, 0) is 11.2 Å². The summed E-state index contributed by atoms with van der Waals surface area (Å²) >= 11 is 0. The molecule has 0 saturated heterocycles. The van der Waals surface area contributed by atoms with Crippen LogP contribution in [-0.4, -0.2) is 28.5 Å². The van der Waals surface area contributed by atoms with Crippen molar-refractivity contribution in [2.75, 3.05) is 6.61 Å². The minimum Gasteiger partial charge on any atom is -0.474 e. The highest BCUT2D eigenvalue weighted by molar-refractivity contribution is 5.95. The van der Waals surface area contributed by atoms with Gasteiger partial charge in [0.1, 0.15) is 12.3 Å². The number of aromatic nitrogens is 2. The summed E-state index contributed by atoms with van der Waals surface area (Å²) < 4.78 is 5.73. The SMILES string of the molecule is c1ccc(CC2COC(c3ccc4cccnc4n3)=N2)cc1. The fraction of sp³-hybridized carbons (Fsp3) is 0.167. The first-order chi connectivity index (χ1) is 10.9. The molecule has 0 fully saturated rings. The molecule has 2 aromatic heterocycles. The zero-order chi connectivity index (χ0) is 14.8. The van der Waals surface area contributed by atoms with Crippen molar-refractivity contribution >= 4 is 16.9 Å². The zero-order valence-electron chi connectivity index (χ0n) is 12.0. The van der Waals surface area contributed by atoms with Gasteiger partial charge in [0.2, 0.25) is 5.90 Å². The maximum Gasteiger partial charge on any atom is 0.235 e. The molecule has 22 heavy (non-hydrogen) atoms. The first-order valence-corrected chi connectivity index (χ1v) is 7.35. The summed E-state index contributed by atoms with van der Waals surface area (Å²) in [7, 11) is 0. The number of fused-ring (bicyclic) bond motifs is 1. The summed E-state index contributed by atoms with van der Waals surface area (Å²) in [6.45, 7) is 0.603. The Morgan fingerprint density at radius 2 is 1.91 bits per heavy atom. The van der Waals surface area contributed by atoms with Gasteiger partial charge < -0.3 is 4.74 Å². The molecule has 0 bridgehead atoms. The Bertz CT molecular complexity index is 830. The van der Waals surface area contributed by atoms with Crippen LogP contribution in [0.3, 0.4) is 0 Å². The van der Waals surface area contributed by atoms with E-state index in [0.29, 0.717) is 12.5 Å². The van der Waals surface area contributed by atoms with Crippen LogP contribution in [0.2, 0.25) is 0 Å². The molecule has 3 aromatic rings. The van der Waals surface area contributed by atoms with Crippen molar-refractivity contribution in [3.63, 3.8) is 0 Å². The van der Waals surface area contributed by atoms with Crippen LogP contribution in [0, 0.1) is 0 Å². The summed E-state index contributed by atoms with van der Waals surface area (Å²) in [4.78, 5) is 13.5. The molecule has 1 unspecified atom stereocenters. The van der Waals surface area contributed by atoms with E-state index in [9.17, 15) is 0 Å². The van der Waals surface area contributed by atoms with Crippen molar-refractivity contribution in [2.45, 2.75) is 12.5 Å². The van der Waals surface area contributed by atoms with E-state index in [2.05, 4.69) is 27.1 Å². The van der Waals surface area contributed by atoms with Gasteiger partial charge in [-0.2, -0.15) is 0 Å². The number of hydrogen-bond donors (Lipinski definition) is 0. The van der Waals surface area contributed by atoms with Gasteiger partial charge in [-0.25, -0.2) is 15.0 Å². The lowest BCUT2D eigenvalue weighted by Gasteiger charge is -2.04. The molecule has 1 aliphatic rings. The highest BCUT2D eigenvalue weighted by Gasteiger charge is 2.21. The normalized spacial score (nSPS) is 17.3. The molecule has 0 spiro atoms. The molecular weight excluding hydrogens is 274 g/mol. The predicted molar refractivity (Wildman–Crippen MR) is 86.0 cm³/mol. The molecule has 0 aliphatic carbocycles. The summed E-state index contributed by atoms with van der Waals surface area (Å²) in [5.41, 5.74) is 2.74. The minimum absolute atomic E-state index is 0.152. The molecule has 0 radical (unpaired) electrons. The molecule has 4 heteroatoms. The van der Waals surface area contributed by atoms with E-state index >= 15 is 0 Å². The zero-order valence-corrected chi connectivity index (χ0v) is 12.0. The minimum atomic E-state index is 0.152. The number of nitrogens with zero attached hydrogens (tertiary/aromatic N) is 3. The van der Waals surface area contributed by atoms with Gasteiger partial charge >= 0.3 is 0 Å². The highest BCUT2D eigenvalue weighted by atomic mass is 16.5. The molecule has 1 aliphatic heterocycles. The second-order valence-electron chi connectivity index (χ2n) is 5.34. The first kappa shape index (κ1) is 13.0. The maximum atomic E-state index is 5.73. The van der Waals surface area contributed by atoms with Crippen LogP contribution in [0.1, 0.15) is 11.3 Å². The average molecular weight is 289 g/mol. The highest BCUT2D eigenvalue weighted by Crippen LogP contribution is 2.17. The predicted octanol–water partition coefficient (Wildman–Crippen LogP) is 3.02. The van der Waals surface area contributed by atoms with Crippen LogP contribution < -0.4 is 0 Å². The third kappa shape index (κ3) is 2.55. The maximum absolute atomic E-state index is 5.73. The lowest BCUT2D eigenvalue weighted by atomic mass is 10.1. The van der Waals surface area contributed by atoms with Gasteiger partial charge in [-0.05, 0) is 36.2 Å². The number of pyridine rings is 2. The Labute approximate surface area is 128 Å². The van der Waals surface area contributed by atoms with Crippen molar-refractivity contribution in [1.82, 2.24) is 9.97 Å². The quantitative estimate of drug-likeness (QED) is 0.744. The van der Waals surface area contributed by atoms with Crippen molar-refractivity contribution in [1.29, 1.82) is 0 Å². The Morgan fingerprint density at radius 3 is 2.82 bits per heavy atom. The third-order valence-electron chi connectivity index (χ3n) is 3.71. The van der Waals surface area contributed by atoms with E-state index < -0.39 is 0 Å². The Hall–Kier alpha value is -2.75. The lowest BCUT2D eigenvalue weighted by molar-refractivity contribution is 0.316. The standard InChI is InChI=1S/C18H15N3O/c1-2-5-13(6-3-1)11-15-12-22-18(20-15)16-9-8-14-7-4-10-19-17(14)21-16/h1-10,15H,11-12H2. The monoisotopic (exact) mass is 289 g/mol. The van der Waals surface area contributed by atoms with E-state index in [1.54, 1.807) is 6.20 Å². The van der Waals surface area contributed by atoms with Crippen LogP contribution in [0.25, 0.3) is 11.0 Å². The van der Waals surface area contributed by atoms with E-state index in [0.717, 1.165) is 23.1 Å². The molecule has 0 saturated carbocycles. The largest absolute Gasteiger partial charge is 0.474 e. The van der Waals surface area contributed by atoms with E-state index in [1.165, 1.54) is 5.56 Å². The molecule has 1 aromatic carbocycles. The second kappa shape index (κ2) is 5.56. The molecule has 4 nitrogen and oxygen atoms in total. The Balaban J connectivity index is 1.58. The molecule has 108 valence electrons. The number of hydrogen-bond acceptors (Lipinski definition) is 4. The van der Waals surface area contributed by atoms with Gasteiger partial charge in [-0.1, -0.05) is 30.3 Å². The van der Waals surface area contributed by atoms with E-state index in [-0.39, 0.29) is 6.04 Å². The Morgan fingerprint density at radius 1 is 1.00 bits per heavy atom. The van der Waals surface area contributed by atoms with Gasteiger partial charge in [-0.3, -0.25) is 0 Å². The van der Waals surface area contributed by atoms with Crippen LogP contribution >= 0.6 is 0 Å². The van der Waals surface area contributed by atoms with Gasteiger partial charge in [0.15, 0.2) is 5.65 Å². The summed E-state index contributed by atoms with van der Waals surface area (Å²) in [5, 5.41) is 1.02. The average Bonchev–Trinajstić information content (AvgIpc) is 3.04. The second-order valence-corrected chi connectivity index (χ2v) is 5.34. The van der Waals surface area contributed by atoms with Crippen molar-refractivity contribution in [3.05, 3.63) is 72.1 Å². The summed E-state index contributed by atoms with van der Waals surface area (Å²) in [6.07, 6.45) is 2.63. The van der Waals surface area contributed by atoms with Crippen LogP contribution in [0.15, 0.2) is 65.8 Å². The van der Waals surface area contributed by atoms with Crippen LogP contribution in [0.4, 0.5) is 0 Å². The smallest absolute Gasteiger partial charge is 0.235 e.